The minimum Gasteiger partial charge on any atom is -1.00 e. The standard InChI is InChI=1S/C12H9N2.C7H6O3.2ClH.Cu/c1-3-9-5-6-10-4-2-8-14-12(10)11(9)13-7-1;8-6-4-2-1-3-5(6)7(9)10;;;/h1-8,13H;1-4,8H,(H,9,10);2*1H;/q-1;;;;+2/p-2. The molecule has 2 heterocycles. The minimum absolute atomic E-state index is 0. The summed E-state index contributed by atoms with van der Waals surface area (Å²) in [6.45, 7) is 0. The minimum atomic E-state index is -1.11. The molecule has 27 heavy (non-hydrogen) atoms. The van der Waals surface area contributed by atoms with Crippen LogP contribution in [0.4, 0.5) is 11.4 Å². The van der Waals surface area contributed by atoms with Gasteiger partial charge in [0.1, 0.15) is 11.3 Å². The Morgan fingerprint density at radius 3 is 2.30 bits per heavy atom. The maximum absolute atomic E-state index is 10.3. The summed E-state index contributed by atoms with van der Waals surface area (Å²) in [7, 11) is 0. The number of para-hydroxylation sites is 1. The van der Waals surface area contributed by atoms with Crippen molar-refractivity contribution in [2.24, 2.45) is 0 Å². The fourth-order valence-electron chi connectivity index (χ4n) is 2.39. The molecule has 0 atom stereocenters. The van der Waals surface area contributed by atoms with Gasteiger partial charge in [0.2, 0.25) is 0 Å². The maximum atomic E-state index is 10.3. The van der Waals surface area contributed by atoms with Crippen LogP contribution in [0.3, 0.4) is 0 Å². The van der Waals surface area contributed by atoms with E-state index in [4.69, 9.17) is 10.2 Å². The van der Waals surface area contributed by atoms with Crippen LogP contribution in [-0.4, -0.2) is 16.2 Å². The number of aromatic hydroxyl groups is 1. The molecule has 0 aromatic heterocycles. The van der Waals surface area contributed by atoms with Gasteiger partial charge in [-0.3, -0.25) is 0 Å². The van der Waals surface area contributed by atoms with Crippen molar-refractivity contribution in [1.29, 1.82) is 0 Å². The normalized spacial score (nSPS) is 11.4. The topological polar surface area (TPSA) is 83.7 Å². The predicted molar refractivity (Wildman–Crippen MR) is 94.6 cm³/mol. The van der Waals surface area contributed by atoms with Crippen LogP contribution in [0.5, 0.6) is 5.75 Å². The Morgan fingerprint density at radius 2 is 1.63 bits per heavy atom. The molecule has 0 bridgehead atoms. The Morgan fingerprint density at radius 1 is 0.963 bits per heavy atom. The molecule has 4 rings (SSSR count). The number of aromatic carboxylic acids is 1. The van der Waals surface area contributed by atoms with E-state index in [1.165, 1.54) is 22.6 Å². The summed E-state index contributed by atoms with van der Waals surface area (Å²) in [5.74, 6) is -1.31. The second kappa shape index (κ2) is 11.4. The first-order valence-electron chi connectivity index (χ1n) is 7.32. The maximum Gasteiger partial charge on any atom is 2.00 e. The van der Waals surface area contributed by atoms with Crippen molar-refractivity contribution in [3.63, 3.8) is 0 Å². The summed E-state index contributed by atoms with van der Waals surface area (Å²) >= 11 is 0. The van der Waals surface area contributed by atoms with Crippen molar-refractivity contribution in [2.75, 3.05) is 5.32 Å². The van der Waals surface area contributed by atoms with Crippen LogP contribution >= 0.6 is 0 Å². The zero-order valence-electron chi connectivity index (χ0n) is 13.7. The Bertz CT molecular complexity index is 924. The van der Waals surface area contributed by atoms with Gasteiger partial charge in [-0.25, -0.2) is 4.79 Å². The summed E-state index contributed by atoms with van der Waals surface area (Å²) < 4.78 is 0. The SMILES string of the molecule is C1=C[N-]c2c3c(ccc2=C1)=CC=CN3.O=C(O)c1ccccc1O.[Cl-].[Cl-].[Cu+2]. The molecule has 0 unspecified atom stereocenters. The number of benzene rings is 2. The van der Waals surface area contributed by atoms with Crippen LogP contribution < -0.4 is 40.6 Å². The summed E-state index contributed by atoms with van der Waals surface area (Å²) in [4.78, 5) is 10.3. The van der Waals surface area contributed by atoms with Crippen molar-refractivity contribution in [2.45, 2.75) is 0 Å². The molecule has 0 amide bonds. The number of allylic oxidation sites excluding steroid dienone is 2. The molecule has 2 aliphatic heterocycles. The third kappa shape index (κ3) is 5.81. The molecule has 3 N–H and O–H groups in total. The third-order valence-electron chi connectivity index (χ3n) is 3.54. The summed E-state index contributed by atoms with van der Waals surface area (Å²) in [5.41, 5.74) is 2.07. The summed E-state index contributed by atoms with van der Waals surface area (Å²) in [6.07, 6.45) is 11.9. The Balaban J connectivity index is 0.000000473. The van der Waals surface area contributed by atoms with Gasteiger partial charge in [-0.15, -0.1) is 5.69 Å². The number of carbonyl (C=O) groups is 1. The molecule has 2 aromatic rings. The van der Waals surface area contributed by atoms with E-state index in [0.717, 1.165) is 11.4 Å². The number of nitrogens with zero attached hydrogens (tertiary/aromatic N) is 1. The molecule has 145 valence electrons. The number of carboxylic acid groups (broad SMARTS) is 1. The van der Waals surface area contributed by atoms with E-state index in [1.807, 2.05) is 24.6 Å². The molecule has 2 aromatic carbocycles. The van der Waals surface area contributed by atoms with Gasteiger partial charge < -0.3 is 45.7 Å². The van der Waals surface area contributed by atoms with Crippen LogP contribution in [0.25, 0.3) is 17.5 Å². The molecule has 0 spiro atoms. The number of hydrogen-bond donors (Lipinski definition) is 3. The molecule has 2 aliphatic rings. The number of phenols is 1. The number of rotatable bonds is 1. The average Bonchev–Trinajstić information content (AvgIpc) is 2.62. The first kappa shape index (κ1) is 24.6. The van der Waals surface area contributed by atoms with E-state index >= 15 is 0 Å². The molecule has 0 aliphatic carbocycles. The van der Waals surface area contributed by atoms with Gasteiger partial charge in [0.05, 0.1) is 0 Å². The zero-order valence-corrected chi connectivity index (χ0v) is 16.2. The smallest absolute Gasteiger partial charge is 1.00 e. The Labute approximate surface area is 179 Å². The van der Waals surface area contributed by atoms with Crippen molar-refractivity contribution in [3.05, 3.63) is 82.3 Å². The number of halogens is 2. The first-order valence-corrected chi connectivity index (χ1v) is 7.32. The van der Waals surface area contributed by atoms with Gasteiger partial charge >= 0.3 is 23.0 Å². The van der Waals surface area contributed by atoms with E-state index in [2.05, 4.69) is 34.9 Å². The fraction of sp³-hybridized carbons (Fsp3) is 0. The van der Waals surface area contributed by atoms with Crippen molar-refractivity contribution >= 4 is 29.5 Å². The van der Waals surface area contributed by atoms with Crippen molar-refractivity contribution in [1.82, 2.24) is 0 Å². The van der Waals surface area contributed by atoms with Crippen LogP contribution in [0, 0.1) is 0 Å². The zero-order chi connectivity index (χ0) is 16.9. The second-order valence-electron chi connectivity index (χ2n) is 5.10. The number of nitrogens with one attached hydrogen (secondary N) is 1. The van der Waals surface area contributed by atoms with E-state index in [9.17, 15) is 4.79 Å². The molecule has 0 saturated carbocycles. The largest absolute Gasteiger partial charge is 2.00 e. The quantitative estimate of drug-likeness (QED) is 0.398. The molecular formula is C19H15Cl2CuN2O3-. The van der Waals surface area contributed by atoms with Crippen LogP contribution in [0.1, 0.15) is 10.4 Å². The second-order valence-corrected chi connectivity index (χ2v) is 5.10. The monoisotopic (exact) mass is 452 g/mol. The van der Waals surface area contributed by atoms with Crippen LogP contribution in [0.2, 0.25) is 0 Å². The Kier molecular flexibility index (Phi) is 10.4. The van der Waals surface area contributed by atoms with Crippen molar-refractivity contribution < 1.29 is 56.9 Å². The van der Waals surface area contributed by atoms with Gasteiger partial charge in [0.25, 0.3) is 0 Å². The van der Waals surface area contributed by atoms with Crippen LogP contribution in [-0.2, 0) is 17.1 Å². The van der Waals surface area contributed by atoms with Gasteiger partial charge in [-0.05, 0) is 28.6 Å². The molecule has 0 fully saturated rings. The fourth-order valence-corrected chi connectivity index (χ4v) is 2.39. The summed E-state index contributed by atoms with van der Waals surface area (Å²) in [6, 6.07) is 10.0. The molecule has 1 radical (unpaired) electrons. The van der Waals surface area contributed by atoms with E-state index in [0.29, 0.717) is 0 Å². The van der Waals surface area contributed by atoms with Gasteiger partial charge in [0, 0.05) is 11.9 Å². The molecule has 8 heteroatoms. The number of carboxylic acids is 1. The molecule has 5 nitrogen and oxygen atoms in total. The van der Waals surface area contributed by atoms with Gasteiger partial charge in [0.15, 0.2) is 0 Å². The average molecular weight is 454 g/mol. The first-order chi connectivity index (χ1) is 11.7. The number of fused-ring (bicyclic) bond motifs is 3. The number of anilines is 1. The predicted octanol–water partition coefficient (Wildman–Crippen LogP) is -3.18. The van der Waals surface area contributed by atoms with Crippen LogP contribution in [0.15, 0.2) is 61.0 Å². The molecule has 0 saturated heterocycles. The van der Waals surface area contributed by atoms with E-state index in [-0.39, 0.29) is 53.2 Å². The summed E-state index contributed by atoms with van der Waals surface area (Å²) in [5, 5.41) is 27.3. The third-order valence-corrected chi connectivity index (χ3v) is 3.54. The van der Waals surface area contributed by atoms with Gasteiger partial charge in [-0.2, -0.15) is 6.20 Å². The van der Waals surface area contributed by atoms with E-state index in [1.54, 1.807) is 12.1 Å². The Hall–Kier alpha value is -2.37. The number of hydrogen-bond acceptors (Lipinski definition) is 3. The van der Waals surface area contributed by atoms with E-state index < -0.39 is 5.97 Å². The molecular weight excluding hydrogens is 439 g/mol. The van der Waals surface area contributed by atoms with Crippen molar-refractivity contribution in [3.8, 4) is 5.75 Å². The van der Waals surface area contributed by atoms with Gasteiger partial charge in [-0.1, -0.05) is 42.5 Å².